The van der Waals surface area contributed by atoms with Gasteiger partial charge in [0.2, 0.25) is 0 Å². The summed E-state index contributed by atoms with van der Waals surface area (Å²) in [6.07, 6.45) is 1.90. The van der Waals surface area contributed by atoms with E-state index in [1.54, 1.807) is 7.11 Å². The topological polar surface area (TPSA) is 60.0 Å². The zero-order valence-electron chi connectivity index (χ0n) is 19.1. The number of nitrogens with one attached hydrogen (secondary N) is 1. The number of piperidine rings is 3. The molecule has 1 N–H and O–H groups in total. The second kappa shape index (κ2) is 8.32. The minimum Gasteiger partial charge on any atom is -0.496 e. The number of amides is 1. The van der Waals surface area contributed by atoms with Gasteiger partial charge in [-0.15, -0.1) is 0 Å². The Balaban J connectivity index is 1.37. The maximum Gasteiger partial charge on any atom is 0.407 e. The van der Waals surface area contributed by atoms with Crippen LogP contribution in [0.4, 0.5) is 4.79 Å². The summed E-state index contributed by atoms with van der Waals surface area (Å²) < 4.78 is 17.6. The van der Waals surface area contributed by atoms with Crippen LogP contribution in [-0.4, -0.2) is 50.4 Å². The molecule has 0 saturated carbocycles. The van der Waals surface area contributed by atoms with Gasteiger partial charge in [0.15, 0.2) is 0 Å². The van der Waals surface area contributed by atoms with Gasteiger partial charge in [0.25, 0.3) is 0 Å². The SMILES string of the molecule is COc1ccccc1-c1ccc2c(c1)OCC(C)(C)C2NC(=O)O[C@@H]1CN2CCC1CC2. The van der Waals surface area contributed by atoms with Crippen molar-refractivity contribution in [1.29, 1.82) is 0 Å². The average Bonchev–Trinajstić information content (AvgIpc) is 2.81. The number of benzene rings is 2. The van der Waals surface area contributed by atoms with Gasteiger partial charge in [-0.1, -0.05) is 44.2 Å². The smallest absolute Gasteiger partial charge is 0.407 e. The van der Waals surface area contributed by atoms with E-state index in [1.165, 1.54) is 0 Å². The van der Waals surface area contributed by atoms with Crippen LogP contribution in [0.1, 0.15) is 38.3 Å². The van der Waals surface area contributed by atoms with Gasteiger partial charge in [-0.05, 0) is 49.5 Å². The Morgan fingerprint density at radius 3 is 2.66 bits per heavy atom. The van der Waals surface area contributed by atoms with Crippen LogP contribution in [0, 0.1) is 11.3 Å². The highest BCUT2D eigenvalue weighted by atomic mass is 16.6. The Morgan fingerprint density at radius 2 is 1.94 bits per heavy atom. The van der Waals surface area contributed by atoms with Crippen LogP contribution in [0.5, 0.6) is 11.5 Å². The van der Waals surface area contributed by atoms with Gasteiger partial charge in [0.1, 0.15) is 17.6 Å². The van der Waals surface area contributed by atoms with Gasteiger partial charge >= 0.3 is 6.09 Å². The predicted octanol–water partition coefficient (Wildman–Crippen LogP) is 4.64. The van der Waals surface area contributed by atoms with Crippen molar-refractivity contribution in [2.45, 2.75) is 38.8 Å². The molecule has 3 fully saturated rings. The zero-order valence-corrected chi connectivity index (χ0v) is 19.1. The number of alkyl carbamates (subject to hydrolysis) is 1. The van der Waals surface area contributed by atoms with Crippen molar-refractivity contribution in [3.8, 4) is 22.6 Å². The van der Waals surface area contributed by atoms with E-state index in [4.69, 9.17) is 14.2 Å². The molecule has 6 heteroatoms. The van der Waals surface area contributed by atoms with Crippen LogP contribution in [-0.2, 0) is 4.74 Å². The number of ether oxygens (including phenoxy) is 3. The highest BCUT2D eigenvalue weighted by Gasteiger charge is 2.41. The van der Waals surface area contributed by atoms with Crippen molar-refractivity contribution in [3.05, 3.63) is 48.0 Å². The van der Waals surface area contributed by atoms with Crippen molar-refractivity contribution in [2.75, 3.05) is 33.4 Å². The quantitative estimate of drug-likeness (QED) is 0.757. The minimum atomic E-state index is -0.330. The summed E-state index contributed by atoms with van der Waals surface area (Å²) in [6.45, 7) is 7.85. The Bertz CT molecular complexity index is 997. The summed E-state index contributed by atoms with van der Waals surface area (Å²) in [5, 5.41) is 3.17. The van der Waals surface area contributed by atoms with Crippen LogP contribution < -0.4 is 14.8 Å². The Morgan fingerprint density at radius 1 is 1.16 bits per heavy atom. The Kier molecular flexibility index (Phi) is 5.49. The largest absolute Gasteiger partial charge is 0.496 e. The van der Waals surface area contributed by atoms with Gasteiger partial charge in [-0.25, -0.2) is 4.79 Å². The number of methoxy groups -OCH3 is 1. The third-order valence-corrected chi connectivity index (χ3v) is 7.24. The molecule has 0 aliphatic carbocycles. The fourth-order valence-corrected chi connectivity index (χ4v) is 5.32. The Labute approximate surface area is 189 Å². The van der Waals surface area contributed by atoms with Crippen LogP contribution in [0.15, 0.2) is 42.5 Å². The molecule has 4 aliphatic heterocycles. The monoisotopic (exact) mass is 436 g/mol. The fraction of sp³-hybridized carbons (Fsp3) is 0.500. The summed E-state index contributed by atoms with van der Waals surface area (Å²) >= 11 is 0. The molecule has 2 aromatic carbocycles. The molecule has 6 rings (SSSR count). The minimum absolute atomic E-state index is 0.00663. The van der Waals surface area contributed by atoms with Gasteiger partial charge in [-0.2, -0.15) is 0 Å². The highest BCUT2D eigenvalue weighted by molar-refractivity contribution is 5.73. The first kappa shape index (κ1) is 21.1. The summed E-state index contributed by atoms with van der Waals surface area (Å²) in [7, 11) is 1.68. The number of hydrogen-bond donors (Lipinski definition) is 1. The average molecular weight is 437 g/mol. The standard InChI is InChI=1S/C26H32N2O4/c1-26(2)16-31-22-14-18(19-6-4-5-7-21(19)30-3)8-9-20(22)24(26)27-25(29)32-23-15-28-12-10-17(23)11-13-28/h4-9,14,17,23-24H,10-13,15-16H2,1-3H3,(H,27,29)/t23-,24?/m1/s1. The van der Waals surface area contributed by atoms with Crippen molar-refractivity contribution in [2.24, 2.45) is 11.3 Å². The zero-order chi connectivity index (χ0) is 22.3. The molecule has 6 nitrogen and oxygen atoms in total. The molecule has 0 spiro atoms. The molecular formula is C26H32N2O4. The number of fused-ring (bicyclic) bond motifs is 4. The predicted molar refractivity (Wildman–Crippen MR) is 123 cm³/mol. The van der Waals surface area contributed by atoms with E-state index >= 15 is 0 Å². The molecule has 0 aromatic heterocycles. The molecule has 32 heavy (non-hydrogen) atoms. The lowest BCUT2D eigenvalue weighted by Crippen LogP contribution is -2.53. The number of nitrogens with zero attached hydrogens (tertiary/aromatic N) is 1. The summed E-state index contributed by atoms with van der Waals surface area (Å²) in [4.78, 5) is 15.3. The first-order valence-electron chi connectivity index (χ1n) is 11.5. The molecule has 4 aliphatic rings. The van der Waals surface area contributed by atoms with Gasteiger partial charge in [-0.3, -0.25) is 4.90 Å². The molecule has 2 bridgehead atoms. The third kappa shape index (κ3) is 3.92. The molecule has 2 aromatic rings. The maximum absolute atomic E-state index is 12.9. The maximum atomic E-state index is 12.9. The molecule has 2 atom stereocenters. The number of carbonyl (C=O) groups is 1. The first-order valence-corrected chi connectivity index (χ1v) is 11.5. The first-order chi connectivity index (χ1) is 15.4. The lowest BCUT2D eigenvalue weighted by Gasteiger charge is -2.44. The molecule has 0 radical (unpaired) electrons. The summed E-state index contributed by atoms with van der Waals surface area (Å²) in [5.74, 6) is 2.10. The molecule has 1 amide bonds. The molecule has 170 valence electrons. The summed E-state index contributed by atoms with van der Waals surface area (Å²) in [6, 6.07) is 13.9. The van der Waals surface area contributed by atoms with E-state index in [9.17, 15) is 4.79 Å². The lowest BCUT2D eigenvalue weighted by atomic mass is 9.78. The lowest BCUT2D eigenvalue weighted by molar-refractivity contribution is -0.0361. The van der Waals surface area contributed by atoms with E-state index in [-0.39, 0.29) is 23.7 Å². The molecule has 3 saturated heterocycles. The van der Waals surface area contributed by atoms with Gasteiger partial charge in [0.05, 0.1) is 19.8 Å². The Hall–Kier alpha value is -2.73. The second-order valence-electron chi connectivity index (χ2n) is 9.89. The number of rotatable bonds is 4. The molecular weight excluding hydrogens is 404 g/mol. The number of hydrogen-bond acceptors (Lipinski definition) is 5. The van der Waals surface area contributed by atoms with E-state index in [2.05, 4.69) is 36.2 Å². The van der Waals surface area contributed by atoms with Crippen molar-refractivity contribution in [3.63, 3.8) is 0 Å². The van der Waals surface area contributed by atoms with Crippen LogP contribution >= 0.6 is 0 Å². The van der Waals surface area contributed by atoms with E-state index < -0.39 is 0 Å². The number of para-hydroxylation sites is 1. The molecule has 1 unspecified atom stereocenters. The van der Waals surface area contributed by atoms with Gasteiger partial charge in [0, 0.05) is 23.1 Å². The number of carbonyl (C=O) groups excluding carboxylic acids is 1. The highest BCUT2D eigenvalue weighted by Crippen LogP contribution is 2.45. The normalized spacial score (nSPS) is 27.7. The van der Waals surface area contributed by atoms with Crippen LogP contribution in [0.3, 0.4) is 0 Å². The van der Waals surface area contributed by atoms with Crippen molar-refractivity contribution in [1.82, 2.24) is 10.2 Å². The second-order valence-corrected chi connectivity index (χ2v) is 9.89. The molecule has 4 heterocycles. The van der Waals surface area contributed by atoms with Crippen LogP contribution in [0.2, 0.25) is 0 Å². The van der Waals surface area contributed by atoms with Gasteiger partial charge < -0.3 is 19.5 Å². The van der Waals surface area contributed by atoms with E-state index in [0.29, 0.717) is 12.5 Å². The van der Waals surface area contributed by atoms with E-state index in [0.717, 1.165) is 60.7 Å². The van der Waals surface area contributed by atoms with Crippen LogP contribution in [0.25, 0.3) is 11.1 Å². The third-order valence-electron chi connectivity index (χ3n) is 7.24. The van der Waals surface area contributed by atoms with Crippen molar-refractivity contribution < 1.29 is 19.0 Å². The summed E-state index contributed by atoms with van der Waals surface area (Å²) in [5.41, 5.74) is 2.75. The van der Waals surface area contributed by atoms with E-state index in [1.807, 2.05) is 30.3 Å². The van der Waals surface area contributed by atoms with Crippen molar-refractivity contribution >= 4 is 6.09 Å². The fourth-order valence-electron chi connectivity index (χ4n) is 5.32.